The van der Waals surface area contributed by atoms with E-state index in [0.717, 1.165) is 27.4 Å². The first-order valence-electron chi connectivity index (χ1n) is 10.6. The van der Waals surface area contributed by atoms with Crippen molar-refractivity contribution in [1.29, 1.82) is 0 Å². The average Bonchev–Trinajstić information content (AvgIpc) is 3.30. The number of thiazole rings is 1. The maximum Gasteiger partial charge on any atom is 0.228 e. The number of rotatable bonds is 7. The normalized spacial score (nSPS) is 11.5. The van der Waals surface area contributed by atoms with E-state index in [1.165, 1.54) is 0 Å². The molecule has 0 fully saturated rings. The minimum absolute atomic E-state index is 0.154. The molecule has 0 spiro atoms. The number of hydrogen-bond donors (Lipinski definition) is 1. The van der Waals surface area contributed by atoms with Crippen LogP contribution in [0.5, 0.6) is 0 Å². The van der Waals surface area contributed by atoms with Crippen LogP contribution in [-0.4, -0.2) is 24.6 Å². The lowest BCUT2D eigenvalue weighted by Crippen LogP contribution is -2.15. The van der Waals surface area contributed by atoms with Crippen LogP contribution in [0.2, 0.25) is 0 Å². The van der Waals surface area contributed by atoms with Gasteiger partial charge in [0.1, 0.15) is 5.01 Å². The van der Waals surface area contributed by atoms with Gasteiger partial charge >= 0.3 is 0 Å². The van der Waals surface area contributed by atoms with Crippen LogP contribution in [0, 0.1) is 0 Å². The molecule has 4 aromatic rings. The van der Waals surface area contributed by atoms with E-state index < -0.39 is 15.1 Å². The maximum absolute atomic E-state index is 12.6. The number of carbonyl (C=O) groups excluding carboxylic acids is 1. The summed E-state index contributed by atoms with van der Waals surface area (Å²) < 4.78 is 24.5. The zero-order valence-corrected chi connectivity index (χ0v) is 20.0. The molecule has 0 bridgehead atoms. The van der Waals surface area contributed by atoms with Crippen molar-refractivity contribution in [1.82, 2.24) is 4.98 Å². The molecular weight excluding hydrogens is 452 g/mol. The molecular formula is C26H24N2O3S2. The highest BCUT2D eigenvalue weighted by Gasteiger charge is 2.19. The quantitative estimate of drug-likeness (QED) is 0.364. The number of nitrogens with zero attached hydrogens (tertiary/aromatic N) is 1. The summed E-state index contributed by atoms with van der Waals surface area (Å²) in [5.74, 6) is -0.171. The summed E-state index contributed by atoms with van der Waals surface area (Å²) >= 11 is 1.58. The van der Waals surface area contributed by atoms with E-state index in [1.807, 2.05) is 60.0 Å². The van der Waals surface area contributed by atoms with Crippen molar-refractivity contribution in [3.05, 3.63) is 89.8 Å². The Bertz CT molecular complexity index is 1360. The minimum atomic E-state index is -3.32. The van der Waals surface area contributed by atoms with Crippen molar-refractivity contribution in [3.8, 4) is 21.8 Å². The van der Waals surface area contributed by atoms with Gasteiger partial charge in [0.05, 0.1) is 22.3 Å². The van der Waals surface area contributed by atoms with Crippen molar-refractivity contribution in [2.75, 3.05) is 5.32 Å². The molecule has 0 aliphatic heterocycles. The summed E-state index contributed by atoms with van der Waals surface area (Å²) in [5, 5.41) is 5.39. The molecule has 4 rings (SSSR count). The number of anilines is 1. The van der Waals surface area contributed by atoms with Crippen LogP contribution >= 0.6 is 11.3 Å². The largest absolute Gasteiger partial charge is 0.326 e. The van der Waals surface area contributed by atoms with E-state index in [4.69, 9.17) is 4.98 Å². The second-order valence-electron chi connectivity index (χ2n) is 7.95. The topological polar surface area (TPSA) is 76.1 Å². The molecule has 0 aliphatic rings. The molecule has 7 heteroatoms. The SMILES string of the molecule is CC(C)S(=O)(=O)c1ccc(CC(=O)Nc2cccc(-c3csc(-c4ccccc4)n3)c2)cc1. The Kier molecular flexibility index (Phi) is 6.72. The Morgan fingerprint density at radius 1 is 0.939 bits per heavy atom. The summed E-state index contributed by atoms with van der Waals surface area (Å²) in [6.45, 7) is 3.30. The van der Waals surface area contributed by atoms with Gasteiger partial charge < -0.3 is 5.32 Å². The first-order valence-corrected chi connectivity index (χ1v) is 13.0. The second kappa shape index (κ2) is 9.68. The minimum Gasteiger partial charge on any atom is -0.326 e. The number of carbonyl (C=O) groups is 1. The van der Waals surface area contributed by atoms with Crippen molar-refractivity contribution in [2.45, 2.75) is 30.4 Å². The van der Waals surface area contributed by atoms with Gasteiger partial charge in [-0.2, -0.15) is 0 Å². The predicted molar refractivity (Wildman–Crippen MR) is 134 cm³/mol. The number of benzene rings is 3. The molecule has 0 atom stereocenters. The highest BCUT2D eigenvalue weighted by atomic mass is 32.2. The predicted octanol–water partition coefficient (Wildman–Crippen LogP) is 5.84. The highest BCUT2D eigenvalue weighted by molar-refractivity contribution is 7.92. The molecule has 168 valence electrons. The monoisotopic (exact) mass is 476 g/mol. The highest BCUT2D eigenvalue weighted by Crippen LogP contribution is 2.30. The van der Waals surface area contributed by atoms with Gasteiger partial charge in [0.15, 0.2) is 9.84 Å². The Labute approximate surface area is 198 Å². The lowest BCUT2D eigenvalue weighted by atomic mass is 10.1. The van der Waals surface area contributed by atoms with Crippen LogP contribution in [0.25, 0.3) is 21.8 Å². The van der Waals surface area contributed by atoms with Crippen LogP contribution < -0.4 is 5.32 Å². The summed E-state index contributed by atoms with van der Waals surface area (Å²) in [7, 11) is -3.32. The molecule has 1 aromatic heterocycles. The number of aromatic nitrogens is 1. The van der Waals surface area contributed by atoms with Crippen LogP contribution in [0.1, 0.15) is 19.4 Å². The smallest absolute Gasteiger partial charge is 0.228 e. The molecule has 1 amide bonds. The van der Waals surface area contributed by atoms with Gasteiger partial charge in [-0.1, -0.05) is 54.6 Å². The summed E-state index contributed by atoms with van der Waals surface area (Å²) in [6, 6.07) is 24.1. The summed E-state index contributed by atoms with van der Waals surface area (Å²) in [6.07, 6.45) is 0.154. The first kappa shape index (κ1) is 22.9. The van der Waals surface area contributed by atoms with Gasteiger partial charge in [-0.15, -0.1) is 11.3 Å². The molecule has 0 aliphatic carbocycles. The Morgan fingerprint density at radius 3 is 2.33 bits per heavy atom. The number of hydrogen-bond acceptors (Lipinski definition) is 5. The van der Waals surface area contributed by atoms with Gasteiger partial charge in [-0.3, -0.25) is 4.79 Å². The molecule has 0 unspecified atom stereocenters. The van der Waals surface area contributed by atoms with Gasteiger partial charge in [0.25, 0.3) is 0 Å². The van der Waals surface area contributed by atoms with Crippen LogP contribution in [0.3, 0.4) is 0 Å². The van der Waals surface area contributed by atoms with E-state index in [1.54, 1.807) is 49.4 Å². The zero-order chi connectivity index (χ0) is 23.4. The van der Waals surface area contributed by atoms with Gasteiger partial charge in [-0.25, -0.2) is 13.4 Å². The molecule has 0 saturated carbocycles. The number of sulfone groups is 1. The molecule has 0 saturated heterocycles. The molecule has 5 nitrogen and oxygen atoms in total. The molecule has 1 N–H and O–H groups in total. The van der Waals surface area contributed by atoms with E-state index in [-0.39, 0.29) is 17.2 Å². The molecule has 1 heterocycles. The Hall–Kier alpha value is -3.29. The van der Waals surface area contributed by atoms with E-state index in [9.17, 15) is 13.2 Å². The molecule has 0 radical (unpaired) electrons. The van der Waals surface area contributed by atoms with Crippen LogP contribution in [0.15, 0.2) is 89.1 Å². The fourth-order valence-corrected chi connectivity index (χ4v) is 5.23. The van der Waals surface area contributed by atoms with Gasteiger partial charge in [0, 0.05) is 22.2 Å². The van der Waals surface area contributed by atoms with Crippen molar-refractivity contribution >= 4 is 32.8 Å². The summed E-state index contributed by atoms with van der Waals surface area (Å²) in [5.41, 5.74) is 4.29. The van der Waals surface area contributed by atoms with Crippen molar-refractivity contribution in [3.63, 3.8) is 0 Å². The van der Waals surface area contributed by atoms with E-state index in [0.29, 0.717) is 5.69 Å². The maximum atomic E-state index is 12.6. The van der Waals surface area contributed by atoms with E-state index in [2.05, 4.69) is 5.32 Å². The lowest BCUT2D eigenvalue weighted by Gasteiger charge is -2.09. The number of nitrogens with one attached hydrogen (secondary N) is 1. The molecule has 3 aromatic carbocycles. The van der Waals surface area contributed by atoms with Crippen LogP contribution in [-0.2, 0) is 21.1 Å². The third-order valence-electron chi connectivity index (χ3n) is 5.20. The molecule has 33 heavy (non-hydrogen) atoms. The Morgan fingerprint density at radius 2 is 1.64 bits per heavy atom. The third kappa shape index (κ3) is 5.38. The fraction of sp³-hybridized carbons (Fsp3) is 0.154. The fourth-order valence-electron chi connectivity index (χ4n) is 3.34. The summed E-state index contributed by atoms with van der Waals surface area (Å²) in [4.78, 5) is 17.6. The lowest BCUT2D eigenvalue weighted by molar-refractivity contribution is -0.115. The number of amides is 1. The van der Waals surface area contributed by atoms with Crippen molar-refractivity contribution in [2.24, 2.45) is 0 Å². The van der Waals surface area contributed by atoms with Crippen LogP contribution in [0.4, 0.5) is 5.69 Å². The van der Waals surface area contributed by atoms with Gasteiger partial charge in [0.2, 0.25) is 5.91 Å². The van der Waals surface area contributed by atoms with Crippen molar-refractivity contribution < 1.29 is 13.2 Å². The van der Waals surface area contributed by atoms with E-state index >= 15 is 0 Å². The Balaban J connectivity index is 1.44. The standard InChI is InChI=1S/C26H24N2O3S2/c1-18(2)33(30,31)23-13-11-19(12-14-23)15-25(29)27-22-10-6-9-21(16-22)24-17-32-26(28-24)20-7-4-3-5-8-20/h3-14,16-18H,15H2,1-2H3,(H,27,29). The average molecular weight is 477 g/mol. The first-order chi connectivity index (χ1) is 15.8. The van der Waals surface area contributed by atoms with Gasteiger partial charge in [-0.05, 0) is 43.7 Å². The third-order valence-corrected chi connectivity index (χ3v) is 8.27. The second-order valence-corrected chi connectivity index (χ2v) is 11.3. The zero-order valence-electron chi connectivity index (χ0n) is 18.4.